The Balaban J connectivity index is 1.55. The molecule has 1 aliphatic heterocycles. The minimum absolute atomic E-state index is 0.00674. The third kappa shape index (κ3) is 5.52. The first kappa shape index (κ1) is 20.3. The number of hydrogen-bond donors (Lipinski definition) is 1. The monoisotopic (exact) mass is 498 g/mol. The molecule has 0 unspecified atom stereocenters. The SMILES string of the molecule is Cc1ccc(CS(=O)(=O)N2CCC(C(=O)Nc3ccc(I)cc3)CC2)cc1. The summed E-state index contributed by atoms with van der Waals surface area (Å²) in [6.45, 7) is 2.75. The number of hydrogen-bond acceptors (Lipinski definition) is 3. The summed E-state index contributed by atoms with van der Waals surface area (Å²) in [5.74, 6) is -0.186. The van der Waals surface area contributed by atoms with Crippen LogP contribution in [0.4, 0.5) is 5.69 Å². The molecule has 0 aliphatic carbocycles. The number of carbonyl (C=O) groups excluding carboxylic acids is 1. The van der Waals surface area contributed by atoms with Crippen molar-refractivity contribution in [2.45, 2.75) is 25.5 Å². The lowest BCUT2D eigenvalue weighted by Crippen LogP contribution is -2.41. The number of halogens is 1. The van der Waals surface area contributed by atoms with E-state index in [1.165, 1.54) is 4.31 Å². The van der Waals surface area contributed by atoms with E-state index < -0.39 is 10.0 Å². The van der Waals surface area contributed by atoms with Crippen molar-refractivity contribution in [3.63, 3.8) is 0 Å². The van der Waals surface area contributed by atoms with Crippen molar-refractivity contribution < 1.29 is 13.2 Å². The molecule has 2 aromatic rings. The second kappa shape index (κ2) is 8.70. The minimum atomic E-state index is -3.36. The third-order valence-corrected chi connectivity index (χ3v) is 7.37. The van der Waals surface area contributed by atoms with E-state index in [2.05, 4.69) is 27.9 Å². The van der Waals surface area contributed by atoms with Crippen molar-refractivity contribution in [2.75, 3.05) is 18.4 Å². The van der Waals surface area contributed by atoms with Crippen molar-refractivity contribution in [2.24, 2.45) is 5.92 Å². The first-order valence-corrected chi connectivity index (χ1v) is 11.6. The Morgan fingerprint density at radius 3 is 2.26 bits per heavy atom. The van der Waals surface area contributed by atoms with Crippen LogP contribution in [0.25, 0.3) is 0 Å². The van der Waals surface area contributed by atoms with Crippen LogP contribution in [0.3, 0.4) is 0 Å². The number of anilines is 1. The fourth-order valence-electron chi connectivity index (χ4n) is 3.16. The van der Waals surface area contributed by atoms with Crippen LogP contribution in [-0.4, -0.2) is 31.7 Å². The van der Waals surface area contributed by atoms with Crippen LogP contribution in [0.2, 0.25) is 0 Å². The normalized spacial score (nSPS) is 16.2. The minimum Gasteiger partial charge on any atom is -0.326 e. The second-order valence-electron chi connectivity index (χ2n) is 6.91. The predicted octanol–water partition coefficient (Wildman–Crippen LogP) is 3.78. The van der Waals surface area contributed by atoms with Crippen LogP contribution in [0.15, 0.2) is 48.5 Å². The zero-order chi connectivity index (χ0) is 19.4. The zero-order valence-corrected chi connectivity index (χ0v) is 18.2. The lowest BCUT2D eigenvalue weighted by molar-refractivity contribution is -0.120. The maximum atomic E-state index is 12.7. The molecule has 2 aromatic carbocycles. The number of carbonyl (C=O) groups is 1. The lowest BCUT2D eigenvalue weighted by atomic mass is 9.97. The smallest absolute Gasteiger partial charge is 0.227 e. The lowest BCUT2D eigenvalue weighted by Gasteiger charge is -2.30. The molecule has 7 heteroatoms. The summed E-state index contributed by atoms with van der Waals surface area (Å²) < 4.78 is 28.0. The highest BCUT2D eigenvalue weighted by molar-refractivity contribution is 14.1. The molecule has 0 bridgehead atoms. The van der Waals surface area contributed by atoms with Crippen LogP contribution < -0.4 is 5.32 Å². The van der Waals surface area contributed by atoms with Gasteiger partial charge in [-0.15, -0.1) is 0 Å². The maximum absolute atomic E-state index is 12.7. The number of sulfonamides is 1. The topological polar surface area (TPSA) is 66.5 Å². The summed E-state index contributed by atoms with van der Waals surface area (Å²) >= 11 is 2.22. The van der Waals surface area contributed by atoms with Crippen LogP contribution in [0.5, 0.6) is 0 Å². The van der Waals surface area contributed by atoms with Crippen LogP contribution in [0, 0.1) is 16.4 Å². The molecule has 1 saturated heterocycles. The Labute approximate surface area is 174 Å². The first-order chi connectivity index (χ1) is 12.8. The quantitative estimate of drug-likeness (QED) is 0.639. The van der Waals surface area contributed by atoms with Gasteiger partial charge in [-0.1, -0.05) is 29.8 Å². The zero-order valence-electron chi connectivity index (χ0n) is 15.2. The summed E-state index contributed by atoms with van der Waals surface area (Å²) in [5, 5.41) is 2.93. The maximum Gasteiger partial charge on any atom is 0.227 e. The highest BCUT2D eigenvalue weighted by atomic mass is 127. The number of nitrogens with zero attached hydrogens (tertiary/aromatic N) is 1. The fraction of sp³-hybridized carbons (Fsp3) is 0.350. The molecule has 0 spiro atoms. The Morgan fingerprint density at radius 2 is 1.67 bits per heavy atom. The largest absolute Gasteiger partial charge is 0.326 e. The number of nitrogens with one attached hydrogen (secondary N) is 1. The van der Waals surface area contributed by atoms with Crippen molar-refractivity contribution in [1.29, 1.82) is 0 Å². The summed E-state index contributed by atoms with van der Waals surface area (Å²) in [5.41, 5.74) is 2.67. The van der Waals surface area contributed by atoms with Gasteiger partial charge in [0, 0.05) is 28.3 Å². The second-order valence-corrected chi connectivity index (χ2v) is 10.1. The van der Waals surface area contributed by atoms with Crippen molar-refractivity contribution >= 4 is 44.2 Å². The third-order valence-electron chi connectivity index (χ3n) is 4.80. The van der Waals surface area contributed by atoms with Gasteiger partial charge >= 0.3 is 0 Å². The number of aryl methyl sites for hydroxylation is 1. The van der Waals surface area contributed by atoms with Crippen molar-refractivity contribution in [1.82, 2.24) is 4.31 Å². The molecular formula is C20H23IN2O3S. The van der Waals surface area contributed by atoms with E-state index in [1.807, 2.05) is 55.5 Å². The molecule has 1 amide bonds. The van der Waals surface area contributed by atoms with Gasteiger partial charge in [-0.05, 0) is 72.2 Å². The summed E-state index contributed by atoms with van der Waals surface area (Å²) in [6, 6.07) is 15.2. The molecule has 0 radical (unpaired) electrons. The summed E-state index contributed by atoms with van der Waals surface area (Å²) in [7, 11) is -3.36. The molecule has 1 aliphatic rings. The van der Waals surface area contributed by atoms with Gasteiger partial charge in [-0.3, -0.25) is 4.79 Å². The van der Waals surface area contributed by atoms with E-state index in [1.54, 1.807) is 0 Å². The van der Waals surface area contributed by atoms with E-state index in [9.17, 15) is 13.2 Å². The van der Waals surface area contributed by atoms with Gasteiger partial charge in [0.2, 0.25) is 15.9 Å². The van der Waals surface area contributed by atoms with Crippen LogP contribution in [0.1, 0.15) is 24.0 Å². The fourth-order valence-corrected chi connectivity index (χ4v) is 5.08. The van der Waals surface area contributed by atoms with Gasteiger partial charge < -0.3 is 5.32 Å². The van der Waals surface area contributed by atoms with Crippen LogP contribution in [-0.2, 0) is 20.6 Å². The van der Waals surface area contributed by atoms with Gasteiger partial charge in [0.25, 0.3) is 0 Å². The van der Waals surface area contributed by atoms with E-state index in [0.717, 1.165) is 20.4 Å². The Hall–Kier alpha value is -1.45. The van der Waals surface area contributed by atoms with Crippen LogP contribution >= 0.6 is 22.6 Å². The average molecular weight is 498 g/mol. The highest BCUT2D eigenvalue weighted by Gasteiger charge is 2.31. The van der Waals surface area contributed by atoms with E-state index in [4.69, 9.17) is 0 Å². The summed E-state index contributed by atoms with van der Waals surface area (Å²) in [6.07, 6.45) is 1.09. The van der Waals surface area contributed by atoms with Crippen molar-refractivity contribution in [3.05, 3.63) is 63.2 Å². The number of benzene rings is 2. The van der Waals surface area contributed by atoms with Crippen molar-refractivity contribution in [3.8, 4) is 0 Å². The molecule has 5 nitrogen and oxygen atoms in total. The van der Waals surface area contributed by atoms with E-state index >= 15 is 0 Å². The number of amides is 1. The van der Waals surface area contributed by atoms with Gasteiger partial charge in [0.15, 0.2) is 0 Å². The molecule has 1 fully saturated rings. The molecule has 0 saturated carbocycles. The van der Waals surface area contributed by atoms with E-state index in [-0.39, 0.29) is 17.6 Å². The average Bonchev–Trinajstić information content (AvgIpc) is 2.65. The number of rotatable bonds is 5. The first-order valence-electron chi connectivity index (χ1n) is 8.93. The molecule has 0 atom stereocenters. The molecule has 144 valence electrons. The van der Waals surface area contributed by atoms with Gasteiger partial charge in [0.05, 0.1) is 5.75 Å². The standard InChI is InChI=1S/C20H23IN2O3S/c1-15-2-4-16(5-3-15)14-27(25,26)23-12-10-17(11-13-23)20(24)22-19-8-6-18(21)7-9-19/h2-9,17H,10-14H2,1H3,(H,22,24). The highest BCUT2D eigenvalue weighted by Crippen LogP contribution is 2.23. The van der Waals surface area contributed by atoms with E-state index in [0.29, 0.717) is 25.9 Å². The molecule has 1 heterocycles. The Kier molecular flexibility index (Phi) is 6.54. The number of piperidine rings is 1. The molecule has 1 N–H and O–H groups in total. The predicted molar refractivity (Wildman–Crippen MR) is 116 cm³/mol. The summed E-state index contributed by atoms with van der Waals surface area (Å²) in [4.78, 5) is 12.5. The van der Waals surface area contributed by atoms with Gasteiger partial charge in [-0.2, -0.15) is 0 Å². The Bertz CT molecular complexity index is 888. The molecular weight excluding hydrogens is 475 g/mol. The Morgan fingerprint density at radius 1 is 1.07 bits per heavy atom. The molecule has 0 aromatic heterocycles. The molecule has 27 heavy (non-hydrogen) atoms. The van der Waals surface area contributed by atoms with Gasteiger partial charge in [0.1, 0.15) is 0 Å². The van der Waals surface area contributed by atoms with Gasteiger partial charge in [-0.25, -0.2) is 12.7 Å². The molecule has 3 rings (SSSR count).